The van der Waals surface area contributed by atoms with Crippen molar-refractivity contribution in [3.05, 3.63) is 57.6 Å². The molecule has 3 rings (SSSR count). The predicted octanol–water partition coefficient (Wildman–Crippen LogP) is 4.45. The maximum absolute atomic E-state index is 13.0. The van der Waals surface area contributed by atoms with E-state index in [0.717, 1.165) is 43.4 Å². The Hall–Kier alpha value is -2.12. The van der Waals surface area contributed by atoms with Crippen LogP contribution in [0.25, 0.3) is 0 Å². The molecule has 2 aromatic rings. The first kappa shape index (κ1) is 34.4. The first-order valence-corrected chi connectivity index (χ1v) is 16.3. The first-order chi connectivity index (χ1) is 20.0. The van der Waals surface area contributed by atoms with E-state index < -0.39 is 15.6 Å². The molecule has 234 valence electrons. The van der Waals surface area contributed by atoms with Crippen LogP contribution in [0.3, 0.4) is 0 Å². The van der Waals surface area contributed by atoms with Crippen LogP contribution in [0.5, 0.6) is 5.75 Å². The second-order valence-corrected chi connectivity index (χ2v) is 13.2. The number of amides is 2. The number of carbonyl (C=O) groups is 1. The van der Waals surface area contributed by atoms with E-state index in [9.17, 15) is 13.2 Å². The highest BCUT2D eigenvalue weighted by molar-refractivity contribution is 7.89. The number of unbranched alkanes of at least 4 members (excludes halogenated alkanes) is 1. The van der Waals surface area contributed by atoms with Gasteiger partial charge in [-0.3, -0.25) is 0 Å². The molecule has 0 heterocycles. The van der Waals surface area contributed by atoms with Gasteiger partial charge in [-0.2, -0.15) is 0 Å². The molecule has 13 heteroatoms. The lowest BCUT2D eigenvalue weighted by molar-refractivity contribution is 0.0313. The van der Waals surface area contributed by atoms with E-state index in [-0.39, 0.29) is 30.2 Å². The van der Waals surface area contributed by atoms with Gasteiger partial charge in [0.1, 0.15) is 11.9 Å². The predicted molar refractivity (Wildman–Crippen MR) is 165 cm³/mol. The highest BCUT2D eigenvalue weighted by Crippen LogP contribution is 2.40. The van der Waals surface area contributed by atoms with Crippen molar-refractivity contribution in [1.82, 2.24) is 20.7 Å². The molecule has 1 atom stereocenters. The minimum atomic E-state index is -3.80. The highest BCUT2D eigenvalue weighted by Gasteiger charge is 2.28. The molecule has 42 heavy (non-hydrogen) atoms. The van der Waals surface area contributed by atoms with Gasteiger partial charge in [-0.05, 0) is 101 Å². The van der Waals surface area contributed by atoms with E-state index in [0.29, 0.717) is 42.1 Å². The summed E-state index contributed by atoms with van der Waals surface area (Å²) in [7, 11) is -1.90. The summed E-state index contributed by atoms with van der Waals surface area (Å²) in [6, 6.07) is 9.70. The molecule has 2 amide bonds. The van der Waals surface area contributed by atoms with Crippen LogP contribution < -0.4 is 25.4 Å². The van der Waals surface area contributed by atoms with Gasteiger partial charge in [0.25, 0.3) is 0 Å². The lowest BCUT2D eigenvalue weighted by Crippen LogP contribution is -2.47. The fourth-order valence-corrected chi connectivity index (χ4v) is 6.52. The van der Waals surface area contributed by atoms with Gasteiger partial charge in [0.15, 0.2) is 0 Å². The van der Waals surface area contributed by atoms with Crippen molar-refractivity contribution >= 4 is 39.3 Å². The molecule has 4 N–H and O–H groups in total. The summed E-state index contributed by atoms with van der Waals surface area (Å²) >= 11 is 12.5. The van der Waals surface area contributed by atoms with Gasteiger partial charge in [-0.25, -0.2) is 17.9 Å². The summed E-state index contributed by atoms with van der Waals surface area (Å²) in [5.41, 5.74) is 1.14. The van der Waals surface area contributed by atoms with Gasteiger partial charge in [0.2, 0.25) is 10.0 Å². The topological polar surface area (TPSA) is 127 Å². The molecular formula is C29H42Cl2N4O6S. The van der Waals surface area contributed by atoms with Crippen LogP contribution >= 0.6 is 23.2 Å². The number of rotatable bonds is 18. The number of fused-ring (bicyclic) bond motifs is 1. The average molecular weight is 646 g/mol. The summed E-state index contributed by atoms with van der Waals surface area (Å²) in [6.07, 6.45) is 3.28. The molecule has 0 saturated heterocycles. The Labute approximate surface area is 259 Å². The monoisotopic (exact) mass is 644 g/mol. The third kappa shape index (κ3) is 11.2. The van der Waals surface area contributed by atoms with Crippen molar-refractivity contribution in [2.24, 2.45) is 0 Å². The number of hydrogen-bond acceptors (Lipinski definition) is 7. The summed E-state index contributed by atoms with van der Waals surface area (Å²) in [6.45, 7) is 6.54. The van der Waals surface area contributed by atoms with Crippen molar-refractivity contribution in [3.63, 3.8) is 0 Å². The lowest BCUT2D eigenvalue weighted by Gasteiger charge is -2.26. The van der Waals surface area contributed by atoms with E-state index in [4.69, 9.17) is 37.4 Å². The Balaban J connectivity index is 1.34. The van der Waals surface area contributed by atoms with Crippen LogP contribution in [0.1, 0.15) is 50.3 Å². The van der Waals surface area contributed by atoms with Crippen LogP contribution in [-0.4, -0.2) is 73.1 Å². The number of nitrogens with one attached hydrogen (secondary N) is 4. The molecular weight excluding hydrogens is 603 g/mol. The maximum atomic E-state index is 13.0. The summed E-state index contributed by atoms with van der Waals surface area (Å²) in [5.74, 6) is 0.557. The van der Waals surface area contributed by atoms with Crippen LogP contribution in [0.15, 0.2) is 41.3 Å². The van der Waals surface area contributed by atoms with Crippen LogP contribution in [0.2, 0.25) is 10.0 Å². The summed E-state index contributed by atoms with van der Waals surface area (Å²) in [4.78, 5) is 11.8. The Morgan fingerprint density at radius 1 is 0.976 bits per heavy atom. The fourth-order valence-electron chi connectivity index (χ4n) is 4.52. The molecule has 2 aromatic carbocycles. The van der Waals surface area contributed by atoms with Crippen molar-refractivity contribution in [3.8, 4) is 5.75 Å². The van der Waals surface area contributed by atoms with Gasteiger partial charge in [0, 0.05) is 23.1 Å². The number of urea groups is 1. The third-order valence-electron chi connectivity index (χ3n) is 6.53. The lowest BCUT2D eigenvalue weighted by atomic mass is 10.1. The van der Waals surface area contributed by atoms with E-state index in [2.05, 4.69) is 20.7 Å². The minimum Gasteiger partial charge on any atom is -0.486 e. The standard InChI is InChI=1S/C29H42Cl2N4O6S/c1-29(2,20-40-17-16-39-15-14-34-28(36)33-13-5-4-12-32-3)35-42(37,38)23-8-6-22(7-9-23)41-27-11-10-24-25(27)18-21(30)19-26(24)31/h6-9,18-19,27,32,35H,4-5,10-17,20H2,1-3H3,(H2,33,34,36)/t27-/m1/s1. The Morgan fingerprint density at radius 3 is 2.40 bits per heavy atom. The van der Waals surface area contributed by atoms with Crippen molar-refractivity contribution < 1.29 is 27.4 Å². The molecule has 0 aromatic heterocycles. The molecule has 0 aliphatic heterocycles. The van der Waals surface area contributed by atoms with Crippen molar-refractivity contribution in [2.45, 2.75) is 56.1 Å². The van der Waals surface area contributed by atoms with E-state index in [1.807, 2.05) is 13.1 Å². The average Bonchev–Trinajstić information content (AvgIpc) is 3.32. The Bertz CT molecular complexity index is 1260. The zero-order valence-electron chi connectivity index (χ0n) is 24.4. The van der Waals surface area contributed by atoms with Gasteiger partial charge in [-0.15, -0.1) is 0 Å². The molecule has 0 bridgehead atoms. The summed E-state index contributed by atoms with van der Waals surface area (Å²) in [5, 5.41) is 9.78. The third-order valence-corrected chi connectivity index (χ3v) is 8.80. The van der Waals surface area contributed by atoms with Crippen molar-refractivity contribution in [1.29, 1.82) is 0 Å². The quantitative estimate of drug-likeness (QED) is 0.177. The number of ether oxygens (including phenoxy) is 3. The molecule has 0 radical (unpaired) electrons. The Morgan fingerprint density at radius 2 is 1.67 bits per heavy atom. The normalized spacial score (nSPS) is 14.9. The molecule has 10 nitrogen and oxygen atoms in total. The smallest absolute Gasteiger partial charge is 0.314 e. The number of hydrogen-bond donors (Lipinski definition) is 4. The first-order valence-electron chi connectivity index (χ1n) is 14.1. The molecule has 0 saturated carbocycles. The van der Waals surface area contributed by atoms with Gasteiger partial charge in [-0.1, -0.05) is 23.2 Å². The molecule has 1 aliphatic rings. The van der Waals surface area contributed by atoms with Gasteiger partial charge >= 0.3 is 6.03 Å². The van der Waals surface area contributed by atoms with Crippen molar-refractivity contribution in [2.75, 3.05) is 53.1 Å². The number of sulfonamides is 1. The summed E-state index contributed by atoms with van der Waals surface area (Å²) < 4.78 is 46.0. The van der Waals surface area contributed by atoms with Crippen LogP contribution in [-0.2, 0) is 25.9 Å². The van der Waals surface area contributed by atoms with E-state index in [1.165, 1.54) is 12.1 Å². The van der Waals surface area contributed by atoms with Crippen LogP contribution in [0.4, 0.5) is 4.79 Å². The molecule has 0 spiro atoms. The number of benzene rings is 2. The highest BCUT2D eigenvalue weighted by atomic mass is 35.5. The van der Waals surface area contributed by atoms with Gasteiger partial charge < -0.3 is 30.2 Å². The largest absolute Gasteiger partial charge is 0.486 e. The maximum Gasteiger partial charge on any atom is 0.314 e. The SMILES string of the molecule is CNCCCCNC(=O)NCCOCCOCC(C)(C)NS(=O)(=O)c1ccc(O[C@@H]2CCc3c(Cl)cc(Cl)cc32)cc1. The Kier molecular flexibility index (Phi) is 13.6. The molecule has 0 unspecified atom stereocenters. The molecule has 1 aliphatic carbocycles. The van der Waals surface area contributed by atoms with Gasteiger partial charge in [0.05, 0.1) is 36.9 Å². The van der Waals surface area contributed by atoms with E-state index in [1.54, 1.807) is 32.0 Å². The zero-order valence-corrected chi connectivity index (χ0v) is 26.8. The molecule has 0 fully saturated rings. The zero-order chi connectivity index (χ0) is 30.6. The fraction of sp³-hybridized carbons (Fsp3) is 0.552. The second kappa shape index (κ2) is 16.7. The van der Waals surface area contributed by atoms with Crippen LogP contribution in [0, 0.1) is 0 Å². The second-order valence-electron chi connectivity index (χ2n) is 10.7. The van der Waals surface area contributed by atoms with E-state index >= 15 is 0 Å². The minimum absolute atomic E-state index is 0.124. The number of halogens is 2. The number of carbonyl (C=O) groups excluding carboxylic acids is 1.